The lowest BCUT2D eigenvalue weighted by molar-refractivity contribution is -0.385. The Labute approximate surface area is 156 Å². The fourth-order valence-corrected chi connectivity index (χ4v) is 2.37. The molecule has 0 heterocycles. The zero-order chi connectivity index (χ0) is 20.0. The summed E-state index contributed by atoms with van der Waals surface area (Å²) in [5.74, 6) is -0.0546. The Bertz CT molecular complexity index is 872. The van der Waals surface area contributed by atoms with Crippen molar-refractivity contribution in [1.29, 1.82) is 0 Å². The standard InChI is InChI=1S/C19H21N3O5/c1-19(2,3)15-6-4-5-7-17(15)27-12-18(24)21-20-11-13-10-14(23)8-9-16(13)22(25)26/h4-11,23H,12H2,1-3H3,(H,21,24)/b20-11+. The molecule has 2 rings (SSSR count). The number of nitro benzene ring substituents is 1. The van der Waals surface area contributed by atoms with Gasteiger partial charge in [-0.3, -0.25) is 14.9 Å². The number of amides is 1. The predicted octanol–water partition coefficient (Wildman–Crippen LogP) is 3.13. The molecule has 0 saturated heterocycles. The number of ether oxygens (including phenoxy) is 1. The fraction of sp³-hybridized carbons (Fsp3) is 0.263. The number of benzene rings is 2. The van der Waals surface area contributed by atoms with Crippen molar-refractivity contribution in [3.05, 3.63) is 63.7 Å². The lowest BCUT2D eigenvalue weighted by Gasteiger charge is -2.22. The van der Waals surface area contributed by atoms with Crippen molar-refractivity contribution in [1.82, 2.24) is 5.43 Å². The van der Waals surface area contributed by atoms with Gasteiger partial charge in [0.25, 0.3) is 11.6 Å². The third kappa shape index (κ3) is 5.53. The smallest absolute Gasteiger partial charge is 0.278 e. The van der Waals surface area contributed by atoms with E-state index in [4.69, 9.17) is 4.74 Å². The maximum atomic E-state index is 11.9. The second-order valence-corrected chi connectivity index (χ2v) is 6.83. The highest BCUT2D eigenvalue weighted by atomic mass is 16.6. The van der Waals surface area contributed by atoms with Crippen LogP contribution in [0.5, 0.6) is 11.5 Å². The Balaban J connectivity index is 1.99. The molecule has 0 spiro atoms. The number of rotatable bonds is 6. The number of para-hydroxylation sites is 1. The SMILES string of the molecule is CC(C)(C)c1ccccc1OCC(=O)N/N=C/c1cc(O)ccc1[N+](=O)[O-]. The summed E-state index contributed by atoms with van der Waals surface area (Å²) < 4.78 is 5.58. The normalized spacial score (nSPS) is 11.4. The van der Waals surface area contributed by atoms with Gasteiger partial charge in [0.15, 0.2) is 6.61 Å². The summed E-state index contributed by atoms with van der Waals surface area (Å²) in [7, 11) is 0. The minimum atomic E-state index is -0.602. The molecule has 0 radical (unpaired) electrons. The number of phenols is 1. The molecule has 2 aromatic rings. The third-order valence-electron chi connectivity index (χ3n) is 3.65. The molecule has 0 atom stereocenters. The highest BCUT2D eigenvalue weighted by Gasteiger charge is 2.19. The number of carbonyl (C=O) groups excluding carboxylic acids is 1. The van der Waals surface area contributed by atoms with E-state index in [0.29, 0.717) is 5.75 Å². The van der Waals surface area contributed by atoms with Crippen LogP contribution in [0.15, 0.2) is 47.6 Å². The van der Waals surface area contributed by atoms with Gasteiger partial charge in [-0.2, -0.15) is 5.10 Å². The van der Waals surface area contributed by atoms with Crippen molar-refractivity contribution in [3.63, 3.8) is 0 Å². The topological polar surface area (TPSA) is 114 Å². The van der Waals surface area contributed by atoms with Crippen LogP contribution in [-0.4, -0.2) is 28.8 Å². The van der Waals surface area contributed by atoms with Crippen molar-refractivity contribution in [2.24, 2.45) is 5.10 Å². The summed E-state index contributed by atoms with van der Waals surface area (Å²) in [5, 5.41) is 24.1. The second kappa shape index (κ2) is 8.31. The van der Waals surface area contributed by atoms with Gasteiger partial charge in [-0.1, -0.05) is 39.0 Å². The van der Waals surface area contributed by atoms with E-state index in [1.807, 2.05) is 39.0 Å². The summed E-state index contributed by atoms with van der Waals surface area (Å²) in [6.45, 7) is 5.87. The molecule has 0 unspecified atom stereocenters. The highest BCUT2D eigenvalue weighted by molar-refractivity contribution is 5.87. The number of hydrogen-bond acceptors (Lipinski definition) is 6. The van der Waals surface area contributed by atoms with Crippen LogP contribution in [0.25, 0.3) is 0 Å². The summed E-state index contributed by atoms with van der Waals surface area (Å²) >= 11 is 0. The average molecular weight is 371 g/mol. The Kier molecular flexibility index (Phi) is 6.12. The van der Waals surface area contributed by atoms with Crippen molar-refractivity contribution >= 4 is 17.8 Å². The predicted molar refractivity (Wildman–Crippen MR) is 101 cm³/mol. The van der Waals surface area contributed by atoms with Gasteiger partial charge >= 0.3 is 0 Å². The van der Waals surface area contributed by atoms with Gasteiger partial charge in [0.1, 0.15) is 11.5 Å². The first-order valence-corrected chi connectivity index (χ1v) is 8.20. The number of hydrazone groups is 1. The number of nitrogens with one attached hydrogen (secondary N) is 1. The molecule has 0 aliphatic rings. The molecule has 2 aromatic carbocycles. The van der Waals surface area contributed by atoms with Gasteiger partial charge in [0, 0.05) is 6.07 Å². The average Bonchev–Trinajstić information content (AvgIpc) is 2.59. The molecule has 0 fully saturated rings. The summed E-state index contributed by atoms with van der Waals surface area (Å²) in [6.07, 6.45) is 1.10. The minimum Gasteiger partial charge on any atom is -0.508 e. The largest absolute Gasteiger partial charge is 0.508 e. The number of nitro groups is 1. The first kappa shape index (κ1) is 19.9. The summed E-state index contributed by atoms with van der Waals surface area (Å²) in [5.41, 5.74) is 2.91. The van der Waals surface area contributed by atoms with Crippen molar-refractivity contribution in [3.8, 4) is 11.5 Å². The van der Waals surface area contributed by atoms with Crippen LogP contribution in [0.4, 0.5) is 5.69 Å². The number of nitrogens with zero attached hydrogens (tertiary/aromatic N) is 2. The maximum absolute atomic E-state index is 11.9. The van der Waals surface area contributed by atoms with Crippen LogP contribution >= 0.6 is 0 Å². The minimum absolute atomic E-state index is 0.0688. The van der Waals surface area contributed by atoms with Gasteiger partial charge in [-0.05, 0) is 29.2 Å². The van der Waals surface area contributed by atoms with Crippen LogP contribution in [0.3, 0.4) is 0 Å². The second-order valence-electron chi connectivity index (χ2n) is 6.83. The molecule has 0 bridgehead atoms. The van der Waals surface area contributed by atoms with Crippen LogP contribution in [-0.2, 0) is 10.2 Å². The van der Waals surface area contributed by atoms with E-state index in [1.165, 1.54) is 12.1 Å². The molecular formula is C19H21N3O5. The number of aromatic hydroxyl groups is 1. The number of carbonyl (C=O) groups is 1. The highest BCUT2D eigenvalue weighted by Crippen LogP contribution is 2.30. The zero-order valence-corrected chi connectivity index (χ0v) is 15.3. The van der Waals surface area contributed by atoms with Crippen LogP contribution in [0, 0.1) is 10.1 Å². The Morgan fingerprint density at radius 2 is 2.00 bits per heavy atom. The van der Waals surface area contributed by atoms with Crippen LogP contribution in [0.2, 0.25) is 0 Å². The first-order chi connectivity index (χ1) is 12.7. The summed E-state index contributed by atoms with van der Waals surface area (Å²) in [4.78, 5) is 22.3. The zero-order valence-electron chi connectivity index (χ0n) is 15.3. The van der Waals surface area contributed by atoms with E-state index in [2.05, 4.69) is 10.5 Å². The first-order valence-electron chi connectivity index (χ1n) is 8.20. The Morgan fingerprint density at radius 3 is 2.67 bits per heavy atom. The molecule has 0 saturated carbocycles. The molecule has 1 amide bonds. The van der Waals surface area contributed by atoms with Crippen LogP contribution < -0.4 is 10.2 Å². The van der Waals surface area contributed by atoms with E-state index in [0.717, 1.165) is 17.8 Å². The van der Waals surface area contributed by atoms with Gasteiger partial charge in [-0.25, -0.2) is 5.43 Å². The Morgan fingerprint density at radius 1 is 1.30 bits per heavy atom. The van der Waals surface area contributed by atoms with Gasteiger partial charge < -0.3 is 9.84 Å². The number of phenolic OH excluding ortho intramolecular Hbond substituents is 1. The maximum Gasteiger partial charge on any atom is 0.278 e. The van der Waals surface area contributed by atoms with Crippen molar-refractivity contribution in [2.45, 2.75) is 26.2 Å². The van der Waals surface area contributed by atoms with Crippen molar-refractivity contribution < 1.29 is 19.6 Å². The molecule has 0 aromatic heterocycles. The van der Waals surface area contributed by atoms with E-state index >= 15 is 0 Å². The third-order valence-corrected chi connectivity index (χ3v) is 3.65. The van der Waals surface area contributed by atoms with E-state index in [-0.39, 0.29) is 29.0 Å². The molecule has 8 nitrogen and oxygen atoms in total. The molecule has 2 N–H and O–H groups in total. The summed E-state index contributed by atoms with van der Waals surface area (Å²) in [6, 6.07) is 11.0. The van der Waals surface area contributed by atoms with E-state index in [9.17, 15) is 20.0 Å². The fourth-order valence-electron chi connectivity index (χ4n) is 2.37. The Hall–Kier alpha value is -3.42. The number of hydrogen-bond donors (Lipinski definition) is 2. The molecule has 8 heteroatoms. The lowest BCUT2D eigenvalue weighted by atomic mass is 9.86. The molecule has 0 aliphatic carbocycles. The van der Waals surface area contributed by atoms with Gasteiger partial charge in [0.2, 0.25) is 0 Å². The van der Waals surface area contributed by atoms with Gasteiger partial charge in [-0.15, -0.1) is 0 Å². The molecular weight excluding hydrogens is 350 g/mol. The molecule has 27 heavy (non-hydrogen) atoms. The van der Waals surface area contributed by atoms with Crippen molar-refractivity contribution in [2.75, 3.05) is 6.61 Å². The van der Waals surface area contributed by atoms with Crippen LogP contribution in [0.1, 0.15) is 31.9 Å². The monoisotopic (exact) mass is 371 g/mol. The molecule has 142 valence electrons. The molecule has 0 aliphatic heterocycles. The van der Waals surface area contributed by atoms with E-state index < -0.39 is 10.8 Å². The lowest BCUT2D eigenvalue weighted by Crippen LogP contribution is -2.25. The van der Waals surface area contributed by atoms with Gasteiger partial charge in [0.05, 0.1) is 16.7 Å². The van der Waals surface area contributed by atoms with E-state index in [1.54, 1.807) is 6.07 Å². The quantitative estimate of drug-likeness (QED) is 0.460.